The molecule has 0 saturated carbocycles. The Morgan fingerprint density at radius 1 is 1.62 bits per heavy atom. The van der Waals surface area contributed by atoms with Crippen LogP contribution in [0.25, 0.3) is 0 Å². The highest BCUT2D eigenvalue weighted by molar-refractivity contribution is 5.92. The van der Waals surface area contributed by atoms with Gasteiger partial charge in [-0.3, -0.25) is 4.79 Å². The molecule has 1 fully saturated rings. The van der Waals surface area contributed by atoms with Crippen LogP contribution in [0.2, 0.25) is 0 Å². The number of rotatable bonds is 3. The van der Waals surface area contributed by atoms with Gasteiger partial charge in [0.05, 0.1) is 12.7 Å². The van der Waals surface area contributed by atoms with Crippen LogP contribution in [0.5, 0.6) is 0 Å². The first kappa shape index (κ1) is 11.2. The van der Waals surface area contributed by atoms with Crippen LogP contribution in [0.3, 0.4) is 0 Å². The van der Waals surface area contributed by atoms with Crippen LogP contribution >= 0.6 is 0 Å². The summed E-state index contributed by atoms with van der Waals surface area (Å²) >= 11 is 0. The van der Waals surface area contributed by atoms with E-state index < -0.39 is 5.91 Å². The molecule has 3 N–H and O–H groups in total. The maximum atomic E-state index is 11.0. The molecule has 0 aromatic rings. The number of hydrogen-bond acceptors (Lipinski definition) is 4. The summed E-state index contributed by atoms with van der Waals surface area (Å²) in [5.74, 6) is -0.397. The summed E-state index contributed by atoms with van der Waals surface area (Å²) < 4.78 is 5.61. The number of allylic oxidation sites excluding steroid dienone is 1. The number of aliphatic hydroxyl groups is 1. The smallest absolute Gasteiger partial charge is 0.246 e. The van der Waals surface area contributed by atoms with Gasteiger partial charge in [-0.05, 0) is 19.3 Å². The van der Waals surface area contributed by atoms with E-state index in [0.29, 0.717) is 12.0 Å². The lowest BCUT2D eigenvalue weighted by molar-refractivity contribution is -0.114. The van der Waals surface area contributed by atoms with Gasteiger partial charge < -0.3 is 20.5 Å². The summed E-state index contributed by atoms with van der Waals surface area (Å²) in [6.45, 7) is 0.0421. The van der Waals surface area contributed by atoms with Gasteiger partial charge in [-0.1, -0.05) is 6.08 Å². The zero-order valence-corrected chi connectivity index (χ0v) is 9.00. The van der Waals surface area contributed by atoms with E-state index in [1.54, 1.807) is 6.20 Å². The molecule has 2 heterocycles. The molecule has 0 radical (unpaired) electrons. The van der Waals surface area contributed by atoms with E-state index in [-0.39, 0.29) is 18.9 Å². The van der Waals surface area contributed by atoms with Crippen molar-refractivity contribution in [2.45, 2.75) is 31.6 Å². The van der Waals surface area contributed by atoms with Gasteiger partial charge in [0.15, 0.2) is 0 Å². The largest absolute Gasteiger partial charge is 0.394 e. The first-order valence-electron chi connectivity index (χ1n) is 5.41. The lowest BCUT2D eigenvalue weighted by atomic mass is 10.1. The second-order valence-corrected chi connectivity index (χ2v) is 4.03. The van der Waals surface area contributed by atoms with Crippen LogP contribution in [0.1, 0.15) is 19.3 Å². The molecule has 5 heteroatoms. The van der Waals surface area contributed by atoms with E-state index in [9.17, 15) is 4.79 Å². The van der Waals surface area contributed by atoms with Crippen molar-refractivity contribution in [3.05, 3.63) is 24.0 Å². The van der Waals surface area contributed by atoms with Gasteiger partial charge in [0.2, 0.25) is 5.91 Å². The monoisotopic (exact) mass is 224 g/mol. The maximum Gasteiger partial charge on any atom is 0.246 e. The first-order chi connectivity index (χ1) is 7.70. The SMILES string of the molecule is NC(=O)C1=CN(C2CCC(CO)O2)C=CC1. The highest BCUT2D eigenvalue weighted by Gasteiger charge is 2.28. The lowest BCUT2D eigenvalue weighted by Gasteiger charge is -2.26. The Hall–Kier alpha value is -1.33. The topological polar surface area (TPSA) is 75.8 Å². The molecule has 2 atom stereocenters. The fourth-order valence-corrected chi connectivity index (χ4v) is 1.96. The standard InChI is InChI=1S/C11H16N2O3/c12-11(15)8-2-1-5-13(6-8)10-4-3-9(7-14)16-10/h1,5-6,9-10,14H,2-4,7H2,(H2,12,15). The van der Waals surface area contributed by atoms with Crippen LogP contribution in [0, 0.1) is 0 Å². The summed E-state index contributed by atoms with van der Waals surface area (Å²) in [7, 11) is 0. The Labute approximate surface area is 94.2 Å². The number of carbonyl (C=O) groups excluding carboxylic acids is 1. The van der Waals surface area contributed by atoms with Crippen molar-refractivity contribution in [2.24, 2.45) is 5.73 Å². The number of hydrogen-bond donors (Lipinski definition) is 2. The van der Waals surface area contributed by atoms with E-state index in [4.69, 9.17) is 15.6 Å². The van der Waals surface area contributed by atoms with Gasteiger partial charge >= 0.3 is 0 Å². The molecular formula is C11H16N2O3. The molecule has 0 bridgehead atoms. The number of carbonyl (C=O) groups is 1. The van der Waals surface area contributed by atoms with Gasteiger partial charge in [-0.25, -0.2) is 0 Å². The normalized spacial score (nSPS) is 29.3. The summed E-state index contributed by atoms with van der Waals surface area (Å²) in [4.78, 5) is 12.9. The van der Waals surface area contributed by atoms with E-state index in [2.05, 4.69) is 0 Å². The molecule has 0 aliphatic carbocycles. The predicted octanol–water partition coefficient (Wildman–Crippen LogP) is 0.0724. The van der Waals surface area contributed by atoms with Crippen molar-refractivity contribution in [3.8, 4) is 0 Å². The Kier molecular flexibility index (Phi) is 3.26. The van der Waals surface area contributed by atoms with Crippen molar-refractivity contribution >= 4 is 5.91 Å². The minimum Gasteiger partial charge on any atom is -0.394 e. The summed E-state index contributed by atoms with van der Waals surface area (Å²) in [6.07, 6.45) is 7.57. The van der Waals surface area contributed by atoms with Crippen LogP contribution < -0.4 is 5.73 Å². The molecule has 0 spiro atoms. The van der Waals surface area contributed by atoms with Crippen molar-refractivity contribution in [3.63, 3.8) is 0 Å². The molecule has 5 nitrogen and oxygen atoms in total. The Morgan fingerprint density at radius 3 is 3.06 bits per heavy atom. The first-order valence-corrected chi connectivity index (χ1v) is 5.41. The summed E-state index contributed by atoms with van der Waals surface area (Å²) in [5.41, 5.74) is 5.81. The highest BCUT2D eigenvalue weighted by Crippen LogP contribution is 2.25. The van der Waals surface area contributed by atoms with Crippen molar-refractivity contribution in [1.29, 1.82) is 0 Å². The molecule has 0 aromatic carbocycles. The van der Waals surface area contributed by atoms with Crippen molar-refractivity contribution in [1.82, 2.24) is 4.90 Å². The fraction of sp³-hybridized carbons (Fsp3) is 0.545. The van der Waals surface area contributed by atoms with E-state index in [1.807, 2.05) is 17.2 Å². The quantitative estimate of drug-likeness (QED) is 0.711. The zero-order chi connectivity index (χ0) is 11.5. The van der Waals surface area contributed by atoms with Crippen molar-refractivity contribution < 1.29 is 14.6 Å². The predicted molar refractivity (Wildman–Crippen MR) is 57.9 cm³/mol. The number of ether oxygens (including phenoxy) is 1. The highest BCUT2D eigenvalue weighted by atomic mass is 16.5. The third-order valence-electron chi connectivity index (χ3n) is 2.86. The molecule has 16 heavy (non-hydrogen) atoms. The Balaban J connectivity index is 2.02. The fourth-order valence-electron chi connectivity index (χ4n) is 1.96. The van der Waals surface area contributed by atoms with E-state index in [1.165, 1.54) is 0 Å². The van der Waals surface area contributed by atoms with Crippen LogP contribution in [0.4, 0.5) is 0 Å². The average molecular weight is 224 g/mol. The van der Waals surface area contributed by atoms with Gasteiger partial charge in [0, 0.05) is 18.0 Å². The number of nitrogens with zero attached hydrogens (tertiary/aromatic N) is 1. The molecule has 2 aliphatic rings. The number of nitrogens with two attached hydrogens (primary N) is 1. The number of aliphatic hydroxyl groups excluding tert-OH is 1. The molecule has 0 aromatic heterocycles. The second-order valence-electron chi connectivity index (χ2n) is 4.03. The minimum absolute atomic E-state index is 0.0421. The second kappa shape index (κ2) is 4.67. The molecule has 1 saturated heterocycles. The Morgan fingerprint density at radius 2 is 2.44 bits per heavy atom. The zero-order valence-electron chi connectivity index (χ0n) is 9.00. The summed E-state index contributed by atoms with van der Waals surface area (Å²) in [5, 5.41) is 8.97. The van der Waals surface area contributed by atoms with Gasteiger partial charge in [0.25, 0.3) is 0 Å². The molecule has 1 amide bonds. The third kappa shape index (κ3) is 2.25. The van der Waals surface area contributed by atoms with E-state index in [0.717, 1.165) is 12.8 Å². The van der Waals surface area contributed by atoms with E-state index >= 15 is 0 Å². The Bertz CT molecular complexity index is 338. The van der Waals surface area contributed by atoms with Crippen LogP contribution in [0.15, 0.2) is 24.0 Å². The van der Waals surface area contributed by atoms with Gasteiger partial charge in [0.1, 0.15) is 6.23 Å². The van der Waals surface area contributed by atoms with Gasteiger partial charge in [-0.15, -0.1) is 0 Å². The van der Waals surface area contributed by atoms with Crippen LogP contribution in [-0.4, -0.2) is 34.9 Å². The summed E-state index contributed by atoms with van der Waals surface area (Å²) in [6, 6.07) is 0. The minimum atomic E-state index is -0.397. The van der Waals surface area contributed by atoms with Crippen LogP contribution in [-0.2, 0) is 9.53 Å². The number of primary amides is 1. The van der Waals surface area contributed by atoms with Crippen molar-refractivity contribution in [2.75, 3.05) is 6.61 Å². The molecule has 2 rings (SSSR count). The molecular weight excluding hydrogens is 208 g/mol. The molecule has 2 aliphatic heterocycles. The average Bonchev–Trinajstić information content (AvgIpc) is 2.77. The third-order valence-corrected chi connectivity index (χ3v) is 2.86. The molecule has 88 valence electrons. The number of amides is 1. The molecule has 2 unspecified atom stereocenters. The lowest BCUT2D eigenvalue weighted by Crippen LogP contribution is -2.30. The van der Waals surface area contributed by atoms with Gasteiger partial charge in [-0.2, -0.15) is 0 Å². The maximum absolute atomic E-state index is 11.0.